The van der Waals surface area contributed by atoms with Gasteiger partial charge >= 0.3 is 5.97 Å². The van der Waals surface area contributed by atoms with E-state index in [0.717, 1.165) is 28.5 Å². The lowest BCUT2D eigenvalue weighted by atomic mass is 9.88. The normalized spacial score (nSPS) is 16.8. The number of hydrogen-bond donors (Lipinski definition) is 2. The van der Waals surface area contributed by atoms with Crippen molar-refractivity contribution in [1.82, 2.24) is 5.32 Å². The van der Waals surface area contributed by atoms with E-state index in [2.05, 4.69) is 10.6 Å². The predicted octanol–water partition coefficient (Wildman–Crippen LogP) is 3.30. The highest BCUT2D eigenvalue weighted by Gasteiger charge is 2.31. The van der Waals surface area contributed by atoms with Crippen molar-refractivity contribution < 1.29 is 28.7 Å². The van der Waals surface area contributed by atoms with Crippen molar-refractivity contribution in [2.24, 2.45) is 0 Å². The van der Waals surface area contributed by atoms with Gasteiger partial charge in [-0.15, -0.1) is 0 Å². The summed E-state index contributed by atoms with van der Waals surface area (Å²) < 4.78 is 10.1. The fourth-order valence-electron chi connectivity index (χ4n) is 3.81. The SMILES string of the molecule is COC(=O)c1ccc(CC(=C2SC(=O)NC2=O)c2ccc(OC)c3c2CCC(=O)N3)cc1. The number of thioether (sulfide) groups is 1. The van der Waals surface area contributed by atoms with E-state index in [1.165, 1.54) is 14.2 Å². The van der Waals surface area contributed by atoms with E-state index in [4.69, 9.17) is 9.47 Å². The van der Waals surface area contributed by atoms with E-state index in [1.807, 2.05) is 6.07 Å². The fraction of sp³-hybridized carbons (Fsp3) is 0.217. The smallest absolute Gasteiger partial charge is 0.337 e. The molecule has 164 valence electrons. The Morgan fingerprint density at radius 2 is 1.75 bits per heavy atom. The highest BCUT2D eigenvalue weighted by atomic mass is 32.2. The molecule has 0 aromatic heterocycles. The Morgan fingerprint density at radius 3 is 2.38 bits per heavy atom. The minimum atomic E-state index is -0.453. The van der Waals surface area contributed by atoms with E-state index >= 15 is 0 Å². The summed E-state index contributed by atoms with van der Waals surface area (Å²) in [5.74, 6) is -0.469. The van der Waals surface area contributed by atoms with Crippen molar-refractivity contribution in [2.75, 3.05) is 19.5 Å². The van der Waals surface area contributed by atoms with Crippen LogP contribution in [0.15, 0.2) is 41.3 Å². The number of methoxy groups -OCH3 is 2. The summed E-state index contributed by atoms with van der Waals surface area (Å²) in [5, 5.41) is 4.75. The highest BCUT2D eigenvalue weighted by Crippen LogP contribution is 2.42. The Labute approximate surface area is 188 Å². The second-order valence-corrected chi connectivity index (χ2v) is 8.22. The molecule has 0 bridgehead atoms. The second kappa shape index (κ2) is 8.88. The first-order valence-electron chi connectivity index (χ1n) is 9.85. The fourth-order valence-corrected chi connectivity index (χ4v) is 4.59. The quantitative estimate of drug-likeness (QED) is 0.529. The van der Waals surface area contributed by atoms with Crippen LogP contribution in [0.4, 0.5) is 10.5 Å². The first kappa shape index (κ1) is 21.6. The Morgan fingerprint density at radius 1 is 1.00 bits per heavy atom. The molecule has 32 heavy (non-hydrogen) atoms. The van der Waals surface area contributed by atoms with Gasteiger partial charge in [-0.25, -0.2) is 4.79 Å². The van der Waals surface area contributed by atoms with E-state index < -0.39 is 17.1 Å². The van der Waals surface area contributed by atoms with Crippen molar-refractivity contribution >= 4 is 46.0 Å². The molecular weight excluding hydrogens is 432 g/mol. The molecule has 2 heterocycles. The number of esters is 1. The summed E-state index contributed by atoms with van der Waals surface area (Å²) in [7, 11) is 2.84. The molecule has 2 aromatic rings. The Balaban J connectivity index is 1.82. The summed E-state index contributed by atoms with van der Waals surface area (Å²) in [5.41, 5.74) is 4.13. The second-order valence-electron chi connectivity index (χ2n) is 7.23. The maximum Gasteiger partial charge on any atom is 0.337 e. The van der Waals surface area contributed by atoms with Crippen molar-refractivity contribution in [1.29, 1.82) is 0 Å². The molecule has 8 nitrogen and oxygen atoms in total. The van der Waals surface area contributed by atoms with Gasteiger partial charge in [-0.05, 0) is 65.1 Å². The average molecular weight is 452 g/mol. The molecule has 0 spiro atoms. The number of amides is 3. The van der Waals surface area contributed by atoms with E-state index in [0.29, 0.717) is 46.7 Å². The molecule has 0 atom stereocenters. The van der Waals surface area contributed by atoms with Crippen LogP contribution in [0, 0.1) is 0 Å². The Hall–Kier alpha value is -3.59. The van der Waals surface area contributed by atoms with Crippen molar-refractivity contribution in [3.8, 4) is 5.75 Å². The van der Waals surface area contributed by atoms with E-state index in [1.54, 1.807) is 30.3 Å². The molecule has 2 N–H and O–H groups in total. The van der Waals surface area contributed by atoms with E-state index in [9.17, 15) is 19.2 Å². The third-order valence-electron chi connectivity index (χ3n) is 5.33. The zero-order valence-electron chi connectivity index (χ0n) is 17.4. The summed E-state index contributed by atoms with van der Waals surface area (Å²) >= 11 is 0.856. The number of nitrogens with one attached hydrogen (secondary N) is 2. The van der Waals surface area contributed by atoms with E-state index in [-0.39, 0.29) is 5.91 Å². The molecule has 0 aliphatic carbocycles. The molecule has 3 amide bonds. The minimum Gasteiger partial charge on any atom is -0.495 e. The molecule has 4 rings (SSSR count). The molecule has 9 heteroatoms. The standard InChI is InChI=1S/C23H20N2O6S/c1-30-17-9-7-14(15-8-10-18(26)24-19(15)17)16(20-21(27)25-23(29)32-20)11-12-3-5-13(6-4-12)22(28)31-2/h3-7,9H,8,10-11H2,1-2H3,(H,24,26)(H,25,27,29). The van der Waals surface area contributed by atoms with Crippen LogP contribution >= 0.6 is 11.8 Å². The van der Waals surface area contributed by atoms with Gasteiger partial charge in [-0.1, -0.05) is 18.2 Å². The van der Waals surface area contributed by atoms with Gasteiger partial charge in [0, 0.05) is 6.42 Å². The zero-order chi connectivity index (χ0) is 22.8. The molecule has 2 aliphatic rings. The number of imide groups is 1. The van der Waals surface area contributed by atoms with Gasteiger partial charge in [0.05, 0.1) is 30.4 Å². The first-order chi connectivity index (χ1) is 15.4. The number of carbonyl (C=O) groups excluding carboxylic acids is 4. The van der Waals surface area contributed by atoms with Crippen LogP contribution in [-0.2, 0) is 27.2 Å². The summed E-state index contributed by atoms with van der Waals surface area (Å²) in [6, 6.07) is 10.4. The number of anilines is 1. The van der Waals surface area contributed by atoms with Crippen LogP contribution in [0.1, 0.15) is 33.5 Å². The number of allylic oxidation sites excluding steroid dienone is 1. The lowest BCUT2D eigenvalue weighted by molar-refractivity contribution is -0.116. The Kier molecular flexibility index (Phi) is 6.00. The summed E-state index contributed by atoms with van der Waals surface area (Å²) in [6.07, 6.45) is 1.13. The van der Waals surface area contributed by atoms with Gasteiger partial charge < -0.3 is 14.8 Å². The van der Waals surface area contributed by atoms with Crippen LogP contribution in [0.2, 0.25) is 0 Å². The van der Waals surface area contributed by atoms with Gasteiger partial charge in [0.25, 0.3) is 11.1 Å². The molecule has 1 fully saturated rings. The number of fused-ring (bicyclic) bond motifs is 1. The molecule has 0 unspecified atom stereocenters. The highest BCUT2D eigenvalue weighted by molar-refractivity contribution is 8.18. The number of benzene rings is 2. The molecule has 2 aliphatic heterocycles. The van der Waals surface area contributed by atoms with Gasteiger partial charge in [0.15, 0.2) is 0 Å². The van der Waals surface area contributed by atoms with Crippen LogP contribution in [0.3, 0.4) is 0 Å². The largest absolute Gasteiger partial charge is 0.495 e. The van der Waals surface area contributed by atoms with Crippen molar-refractivity contribution in [3.05, 3.63) is 63.6 Å². The third kappa shape index (κ3) is 4.11. The summed E-state index contributed by atoms with van der Waals surface area (Å²) in [4.78, 5) is 48.5. The van der Waals surface area contributed by atoms with Crippen molar-refractivity contribution in [3.63, 3.8) is 0 Å². The van der Waals surface area contributed by atoms with Crippen LogP contribution in [-0.4, -0.2) is 37.2 Å². The van der Waals surface area contributed by atoms with Crippen LogP contribution in [0.5, 0.6) is 5.75 Å². The summed E-state index contributed by atoms with van der Waals surface area (Å²) in [6.45, 7) is 0. The van der Waals surface area contributed by atoms with Gasteiger partial charge in [-0.3, -0.25) is 19.7 Å². The lowest BCUT2D eigenvalue weighted by Gasteiger charge is -2.24. The molecule has 0 radical (unpaired) electrons. The molecule has 2 aromatic carbocycles. The van der Waals surface area contributed by atoms with Crippen LogP contribution in [0.25, 0.3) is 5.57 Å². The lowest BCUT2D eigenvalue weighted by Crippen LogP contribution is -2.21. The predicted molar refractivity (Wildman–Crippen MR) is 119 cm³/mol. The molecule has 1 saturated heterocycles. The topological polar surface area (TPSA) is 111 Å². The third-order valence-corrected chi connectivity index (χ3v) is 6.26. The monoisotopic (exact) mass is 452 g/mol. The van der Waals surface area contributed by atoms with Gasteiger partial charge in [0.1, 0.15) is 5.75 Å². The van der Waals surface area contributed by atoms with Crippen LogP contribution < -0.4 is 15.4 Å². The maximum absolute atomic E-state index is 12.5. The average Bonchev–Trinajstić information content (AvgIpc) is 3.14. The molecule has 0 saturated carbocycles. The molecular formula is C23H20N2O6S. The zero-order valence-corrected chi connectivity index (χ0v) is 18.3. The number of carbonyl (C=O) groups is 4. The van der Waals surface area contributed by atoms with Gasteiger partial charge in [0.2, 0.25) is 5.91 Å². The number of ether oxygens (including phenoxy) is 2. The minimum absolute atomic E-state index is 0.108. The Bertz CT molecular complexity index is 1170. The number of hydrogen-bond acceptors (Lipinski definition) is 7. The number of rotatable bonds is 5. The van der Waals surface area contributed by atoms with Gasteiger partial charge in [-0.2, -0.15) is 0 Å². The maximum atomic E-state index is 12.5. The van der Waals surface area contributed by atoms with Crippen molar-refractivity contribution in [2.45, 2.75) is 19.3 Å². The first-order valence-corrected chi connectivity index (χ1v) is 10.7.